The summed E-state index contributed by atoms with van der Waals surface area (Å²) in [5, 5.41) is 4.68. The summed E-state index contributed by atoms with van der Waals surface area (Å²) in [6, 6.07) is 9.96. The standard InChI is InChI=1S/C19H23NO3S/c1-4-5-14(3)20-17(21)12-23-19(22)18-16(10-11-24-18)15-8-6-13(2)7-9-15/h6-11,14H,4-5,12H2,1-3H3,(H,20,21). The lowest BCUT2D eigenvalue weighted by Crippen LogP contribution is -2.35. The summed E-state index contributed by atoms with van der Waals surface area (Å²) in [6.45, 7) is 5.77. The van der Waals surface area contributed by atoms with Gasteiger partial charge in [-0.3, -0.25) is 4.79 Å². The maximum absolute atomic E-state index is 12.3. The molecule has 4 nitrogen and oxygen atoms in total. The van der Waals surface area contributed by atoms with Crippen molar-refractivity contribution < 1.29 is 14.3 Å². The number of carbonyl (C=O) groups is 2. The molecule has 1 unspecified atom stereocenters. The average molecular weight is 345 g/mol. The molecule has 0 bridgehead atoms. The van der Waals surface area contributed by atoms with Gasteiger partial charge in [0.15, 0.2) is 6.61 Å². The highest BCUT2D eigenvalue weighted by Crippen LogP contribution is 2.29. The molecule has 24 heavy (non-hydrogen) atoms. The second kappa shape index (κ2) is 8.64. The van der Waals surface area contributed by atoms with Gasteiger partial charge in [0.2, 0.25) is 0 Å². The predicted octanol–water partition coefficient (Wildman–Crippen LogP) is 4.19. The summed E-state index contributed by atoms with van der Waals surface area (Å²) in [5.74, 6) is -0.725. The molecule has 0 aliphatic carbocycles. The summed E-state index contributed by atoms with van der Waals surface area (Å²) >= 11 is 1.32. The molecule has 1 amide bonds. The van der Waals surface area contributed by atoms with Gasteiger partial charge in [0.25, 0.3) is 5.91 Å². The van der Waals surface area contributed by atoms with Crippen LogP contribution in [0, 0.1) is 6.92 Å². The number of benzene rings is 1. The quantitative estimate of drug-likeness (QED) is 0.766. The van der Waals surface area contributed by atoms with Crippen LogP contribution in [-0.4, -0.2) is 24.5 Å². The Bertz CT molecular complexity index is 691. The van der Waals surface area contributed by atoms with Gasteiger partial charge in [-0.2, -0.15) is 0 Å². The van der Waals surface area contributed by atoms with Crippen LogP contribution in [0.15, 0.2) is 35.7 Å². The highest BCUT2D eigenvalue weighted by Gasteiger charge is 2.17. The highest BCUT2D eigenvalue weighted by atomic mass is 32.1. The van der Waals surface area contributed by atoms with Crippen molar-refractivity contribution in [2.45, 2.75) is 39.7 Å². The number of rotatable bonds is 7. The van der Waals surface area contributed by atoms with Gasteiger partial charge in [0, 0.05) is 11.6 Å². The summed E-state index contributed by atoms with van der Waals surface area (Å²) in [7, 11) is 0. The third-order valence-corrected chi connectivity index (χ3v) is 4.57. The van der Waals surface area contributed by atoms with E-state index < -0.39 is 5.97 Å². The van der Waals surface area contributed by atoms with E-state index in [1.807, 2.05) is 49.6 Å². The van der Waals surface area contributed by atoms with Crippen LogP contribution in [0.1, 0.15) is 41.9 Å². The molecule has 0 spiro atoms. The molecule has 0 saturated carbocycles. The van der Waals surface area contributed by atoms with E-state index in [-0.39, 0.29) is 18.6 Å². The lowest BCUT2D eigenvalue weighted by atomic mass is 10.1. The van der Waals surface area contributed by atoms with Crippen LogP contribution in [-0.2, 0) is 9.53 Å². The van der Waals surface area contributed by atoms with Gasteiger partial charge in [0.05, 0.1) is 0 Å². The maximum atomic E-state index is 12.3. The first-order valence-electron chi connectivity index (χ1n) is 8.12. The summed E-state index contributed by atoms with van der Waals surface area (Å²) < 4.78 is 5.17. The lowest BCUT2D eigenvalue weighted by Gasteiger charge is -2.12. The van der Waals surface area contributed by atoms with Crippen molar-refractivity contribution in [3.63, 3.8) is 0 Å². The van der Waals surface area contributed by atoms with Crippen LogP contribution in [0.3, 0.4) is 0 Å². The zero-order chi connectivity index (χ0) is 17.5. The highest BCUT2D eigenvalue weighted by molar-refractivity contribution is 7.12. The van der Waals surface area contributed by atoms with Crippen molar-refractivity contribution in [2.24, 2.45) is 0 Å². The first-order valence-corrected chi connectivity index (χ1v) is 9.00. The zero-order valence-electron chi connectivity index (χ0n) is 14.3. The van der Waals surface area contributed by atoms with Gasteiger partial charge in [-0.15, -0.1) is 11.3 Å². The predicted molar refractivity (Wildman–Crippen MR) is 97.3 cm³/mol. The van der Waals surface area contributed by atoms with Gasteiger partial charge in [-0.1, -0.05) is 43.2 Å². The molecule has 1 heterocycles. The monoisotopic (exact) mass is 345 g/mol. The molecule has 0 aliphatic rings. The molecule has 2 rings (SSSR count). The van der Waals surface area contributed by atoms with Crippen LogP contribution in [0.25, 0.3) is 11.1 Å². The Balaban J connectivity index is 1.97. The van der Waals surface area contributed by atoms with Gasteiger partial charge >= 0.3 is 5.97 Å². The fourth-order valence-corrected chi connectivity index (χ4v) is 3.25. The molecule has 1 aromatic heterocycles. The van der Waals surface area contributed by atoms with Crippen molar-refractivity contribution in [1.29, 1.82) is 0 Å². The molecule has 0 radical (unpaired) electrons. The van der Waals surface area contributed by atoms with Crippen molar-refractivity contribution in [2.75, 3.05) is 6.61 Å². The molecule has 0 saturated heterocycles. The van der Waals surface area contributed by atoms with Crippen molar-refractivity contribution in [1.82, 2.24) is 5.32 Å². The summed E-state index contributed by atoms with van der Waals surface area (Å²) in [5.41, 5.74) is 2.97. The number of aryl methyl sites for hydroxylation is 1. The van der Waals surface area contributed by atoms with Crippen LogP contribution in [0.5, 0.6) is 0 Å². The second-order valence-electron chi connectivity index (χ2n) is 5.86. The normalized spacial score (nSPS) is 11.8. The number of thiophene rings is 1. The number of hydrogen-bond acceptors (Lipinski definition) is 4. The Labute approximate surface area is 146 Å². The van der Waals surface area contributed by atoms with E-state index in [1.165, 1.54) is 11.3 Å². The lowest BCUT2D eigenvalue weighted by molar-refractivity contribution is -0.124. The van der Waals surface area contributed by atoms with E-state index in [9.17, 15) is 9.59 Å². The fourth-order valence-electron chi connectivity index (χ4n) is 2.45. The molecule has 1 aromatic carbocycles. The number of esters is 1. The van der Waals surface area contributed by atoms with E-state index in [2.05, 4.69) is 12.2 Å². The minimum absolute atomic E-state index is 0.0889. The van der Waals surface area contributed by atoms with E-state index >= 15 is 0 Å². The third-order valence-electron chi connectivity index (χ3n) is 3.68. The average Bonchev–Trinajstić information content (AvgIpc) is 3.03. The Morgan fingerprint density at radius 2 is 1.92 bits per heavy atom. The molecule has 0 aliphatic heterocycles. The number of hydrogen-bond donors (Lipinski definition) is 1. The maximum Gasteiger partial charge on any atom is 0.349 e. The Kier molecular flexibility index (Phi) is 6.55. The number of nitrogens with one attached hydrogen (secondary N) is 1. The van der Waals surface area contributed by atoms with Gasteiger partial charge in [0.1, 0.15) is 4.88 Å². The molecule has 5 heteroatoms. The molecule has 2 aromatic rings. The molecule has 1 N–H and O–H groups in total. The molecule has 0 fully saturated rings. The second-order valence-corrected chi connectivity index (χ2v) is 6.78. The Morgan fingerprint density at radius 1 is 1.21 bits per heavy atom. The zero-order valence-corrected chi connectivity index (χ0v) is 15.1. The smallest absolute Gasteiger partial charge is 0.349 e. The van der Waals surface area contributed by atoms with Gasteiger partial charge in [-0.05, 0) is 37.3 Å². The van der Waals surface area contributed by atoms with Crippen molar-refractivity contribution in [3.8, 4) is 11.1 Å². The minimum Gasteiger partial charge on any atom is -0.451 e. The number of carbonyl (C=O) groups excluding carboxylic acids is 2. The van der Waals surface area contributed by atoms with Crippen LogP contribution in [0.4, 0.5) is 0 Å². The molecule has 1 atom stereocenters. The van der Waals surface area contributed by atoms with E-state index in [0.29, 0.717) is 4.88 Å². The van der Waals surface area contributed by atoms with E-state index in [4.69, 9.17) is 4.74 Å². The molecule has 128 valence electrons. The van der Waals surface area contributed by atoms with Gasteiger partial charge < -0.3 is 10.1 Å². The summed E-state index contributed by atoms with van der Waals surface area (Å²) in [4.78, 5) is 24.6. The fraction of sp³-hybridized carbons (Fsp3) is 0.368. The van der Waals surface area contributed by atoms with Crippen molar-refractivity contribution in [3.05, 3.63) is 46.2 Å². The van der Waals surface area contributed by atoms with Crippen LogP contribution >= 0.6 is 11.3 Å². The molecular weight excluding hydrogens is 322 g/mol. The largest absolute Gasteiger partial charge is 0.451 e. The van der Waals surface area contributed by atoms with E-state index in [1.54, 1.807) is 0 Å². The number of ether oxygens (including phenoxy) is 1. The van der Waals surface area contributed by atoms with Crippen molar-refractivity contribution >= 4 is 23.2 Å². The number of amides is 1. The van der Waals surface area contributed by atoms with Crippen LogP contribution < -0.4 is 5.32 Å². The first kappa shape index (κ1) is 18.2. The summed E-state index contributed by atoms with van der Waals surface area (Å²) in [6.07, 6.45) is 1.90. The third kappa shape index (κ3) is 4.93. The van der Waals surface area contributed by atoms with E-state index in [0.717, 1.165) is 29.5 Å². The van der Waals surface area contributed by atoms with Gasteiger partial charge in [-0.25, -0.2) is 4.79 Å². The first-order chi connectivity index (χ1) is 11.5. The Morgan fingerprint density at radius 3 is 2.58 bits per heavy atom. The molecular formula is C19H23NO3S. The Hall–Kier alpha value is -2.14. The SMILES string of the molecule is CCCC(C)NC(=O)COC(=O)c1sccc1-c1ccc(C)cc1. The minimum atomic E-state index is -0.459. The topological polar surface area (TPSA) is 55.4 Å². The van der Waals surface area contributed by atoms with Crippen LogP contribution in [0.2, 0.25) is 0 Å².